The van der Waals surface area contributed by atoms with E-state index in [1.54, 1.807) is 29.2 Å². The number of amides is 2. The summed E-state index contributed by atoms with van der Waals surface area (Å²) in [5.41, 5.74) is 0.994. The van der Waals surface area contributed by atoms with Gasteiger partial charge in [0.1, 0.15) is 6.54 Å². The van der Waals surface area contributed by atoms with E-state index in [0.717, 1.165) is 31.2 Å². The van der Waals surface area contributed by atoms with Crippen LogP contribution in [0.3, 0.4) is 0 Å². The van der Waals surface area contributed by atoms with Gasteiger partial charge in [-0.1, -0.05) is 19.3 Å². The van der Waals surface area contributed by atoms with Crippen LogP contribution < -0.4 is 9.64 Å². The zero-order chi connectivity index (χ0) is 19.5. The van der Waals surface area contributed by atoms with Crippen molar-refractivity contribution in [3.63, 3.8) is 0 Å². The van der Waals surface area contributed by atoms with Crippen LogP contribution in [-0.2, 0) is 23.2 Å². The Bertz CT molecular complexity index is 859. The fraction of sp³-hybridized carbons (Fsp3) is 0.500. The van der Waals surface area contributed by atoms with Gasteiger partial charge in [0.25, 0.3) is 5.91 Å². The number of carbonyl (C=O) groups is 2. The Kier molecular flexibility index (Phi) is 5.27. The first-order valence-corrected chi connectivity index (χ1v) is 9.77. The van der Waals surface area contributed by atoms with Gasteiger partial charge in [-0.25, -0.2) is 4.98 Å². The van der Waals surface area contributed by atoms with Gasteiger partial charge in [-0.3, -0.25) is 19.2 Å². The minimum atomic E-state index is -0.246. The molecule has 2 aromatic heterocycles. The summed E-state index contributed by atoms with van der Waals surface area (Å²) in [5, 5.41) is 4.22. The van der Waals surface area contributed by atoms with Crippen LogP contribution in [0, 0.1) is 0 Å². The Balaban J connectivity index is 1.55. The van der Waals surface area contributed by atoms with Crippen LogP contribution in [0.5, 0.6) is 5.75 Å². The first kappa shape index (κ1) is 18.5. The number of hydrogen-bond acceptors (Lipinski definition) is 5. The average molecular weight is 383 g/mol. The van der Waals surface area contributed by atoms with Crippen molar-refractivity contribution in [1.29, 1.82) is 0 Å². The van der Waals surface area contributed by atoms with Crippen molar-refractivity contribution in [2.45, 2.75) is 44.7 Å². The second kappa shape index (κ2) is 8.00. The molecule has 1 fully saturated rings. The molecular weight excluding hydrogens is 358 g/mol. The van der Waals surface area contributed by atoms with Crippen LogP contribution in [0.15, 0.2) is 30.7 Å². The topological polar surface area (TPSA) is 80.6 Å². The van der Waals surface area contributed by atoms with Crippen LogP contribution in [0.4, 0.5) is 5.82 Å². The van der Waals surface area contributed by atoms with Gasteiger partial charge in [0, 0.05) is 37.6 Å². The fourth-order valence-corrected chi connectivity index (χ4v) is 3.99. The van der Waals surface area contributed by atoms with Crippen LogP contribution in [0.2, 0.25) is 0 Å². The van der Waals surface area contributed by atoms with E-state index in [2.05, 4.69) is 10.1 Å². The van der Waals surface area contributed by atoms with Crippen molar-refractivity contribution in [3.05, 3.63) is 36.3 Å². The Labute approximate surface area is 164 Å². The predicted molar refractivity (Wildman–Crippen MR) is 103 cm³/mol. The summed E-state index contributed by atoms with van der Waals surface area (Å²) in [5.74, 6) is 0.635. The molecule has 4 rings (SSSR count). The van der Waals surface area contributed by atoms with Crippen molar-refractivity contribution in [2.24, 2.45) is 7.05 Å². The Morgan fingerprint density at radius 2 is 2.14 bits per heavy atom. The van der Waals surface area contributed by atoms with Crippen molar-refractivity contribution in [3.8, 4) is 5.75 Å². The van der Waals surface area contributed by atoms with Gasteiger partial charge in [0.2, 0.25) is 5.91 Å². The van der Waals surface area contributed by atoms with Gasteiger partial charge in [-0.2, -0.15) is 5.10 Å². The summed E-state index contributed by atoms with van der Waals surface area (Å²) in [7, 11) is 1.87. The van der Waals surface area contributed by atoms with Crippen LogP contribution in [-0.4, -0.2) is 50.7 Å². The lowest BCUT2D eigenvalue weighted by atomic mass is 9.94. The lowest BCUT2D eigenvalue weighted by Crippen LogP contribution is -2.49. The minimum absolute atomic E-state index is 0.0248. The molecule has 2 amide bonds. The van der Waals surface area contributed by atoms with E-state index in [-0.39, 0.29) is 31.0 Å². The maximum absolute atomic E-state index is 13.3. The molecule has 0 atom stereocenters. The Hall–Kier alpha value is -2.90. The molecule has 8 nitrogen and oxygen atoms in total. The second-order valence-corrected chi connectivity index (χ2v) is 7.43. The van der Waals surface area contributed by atoms with E-state index in [4.69, 9.17) is 4.74 Å². The Morgan fingerprint density at radius 3 is 2.89 bits per heavy atom. The first-order valence-electron chi connectivity index (χ1n) is 9.77. The number of ether oxygens (including phenoxy) is 1. The normalized spacial score (nSPS) is 17.2. The van der Waals surface area contributed by atoms with Gasteiger partial charge < -0.3 is 9.64 Å². The second-order valence-electron chi connectivity index (χ2n) is 7.43. The lowest BCUT2D eigenvalue weighted by Gasteiger charge is -2.36. The van der Waals surface area contributed by atoms with E-state index in [1.807, 2.05) is 18.1 Å². The Morgan fingerprint density at radius 1 is 1.32 bits per heavy atom. The summed E-state index contributed by atoms with van der Waals surface area (Å²) in [6.07, 6.45) is 10.8. The molecule has 0 spiro atoms. The number of rotatable bonds is 5. The predicted octanol–water partition coefficient (Wildman–Crippen LogP) is 1.90. The van der Waals surface area contributed by atoms with E-state index in [1.165, 1.54) is 11.3 Å². The van der Waals surface area contributed by atoms with Gasteiger partial charge >= 0.3 is 0 Å². The third kappa shape index (κ3) is 3.85. The average Bonchev–Trinajstić information content (AvgIpc) is 3.14. The van der Waals surface area contributed by atoms with Crippen LogP contribution in [0.25, 0.3) is 0 Å². The van der Waals surface area contributed by atoms with Crippen LogP contribution >= 0.6 is 0 Å². The van der Waals surface area contributed by atoms with Crippen molar-refractivity contribution < 1.29 is 14.3 Å². The molecule has 8 heteroatoms. The molecule has 0 unspecified atom stereocenters. The fourth-order valence-electron chi connectivity index (χ4n) is 3.99. The van der Waals surface area contributed by atoms with Crippen molar-refractivity contribution >= 4 is 17.6 Å². The smallest absolute Gasteiger partial charge is 0.266 e. The molecule has 0 saturated heterocycles. The number of aromatic nitrogens is 3. The highest BCUT2D eigenvalue weighted by Gasteiger charge is 2.32. The SMILES string of the molecule is Cn1cc(CN(C(=O)CN2C(=O)COc3cccnc32)C2CCCCC2)cn1. The number of aryl methyl sites for hydroxylation is 1. The van der Waals surface area contributed by atoms with Crippen LogP contribution in [0.1, 0.15) is 37.7 Å². The molecule has 28 heavy (non-hydrogen) atoms. The van der Waals surface area contributed by atoms with E-state index in [9.17, 15) is 9.59 Å². The number of fused-ring (bicyclic) bond motifs is 1. The van der Waals surface area contributed by atoms with Crippen molar-refractivity contribution in [1.82, 2.24) is 19.7 Å². The van der Waals surface area contributed by atoms with Gasteiger partial charge in [-0.15, -0.1) is 0 Å². The third-order valence-corrected chi connectivity index (χ3v) is 5.40. The highest BCUT2D eigenvalue weighted by Crippen LogP contribution is 2.30. The highest BCUT2D eigenvalue weighted by atomic mass is 16.5. The first-order chi connectivity index (χ1) is 13.6. The molecule has 0 radical (unpaired) electrons. The summed E-state index contributed by atoms with van der Waals surface area (Å²) in [6, 6.07) is 3.72. The standard InChI is InChI=1S/C20H25N5O3/c1-23-11-15(10-22-23)12-24(16-6-3-2-4-7-16)18(26)13-25-19(27)14-28-17-8-5-9-21-20(17)25/h5,8-11,16H,2-4,6-7,12-14H2,1H3. The monoisotopic (exact) mass is 383 g/mol. The maximum Gasteiger partial charge on any atom is 0.266 e. The number of nitrogens with zero attached hydrogens (tertiary/aromatic N) is 5. The van der Waals surface area contributed by atoms with Gasteiger partial charge in [0.15, 0.2) is 18.2 Å². The maximum atomic E-state index is 13.3. The molecule has 3 heterocycles. The molecule has 1 saturated carbocycles. The largest absolute Gasteiger partial charge is 0.480 e. The van der Waals surface area contributed by atoms with E-state index < -0.39 is 0 Å². The minimum Gasteiger partial charge on any atom is -0.480 e. The quantitative estimate of drug-likeness (QED) is 0.788. The highest BCUT2D eigenvalue weighted by molar-refractivity contribution is 6.01. The molecule has 2 aliphatic rings. The zero-order valence-electron chi connectivity index (χ0n) is 16.1. The molecule has 0 aromatic carbocycles. The number of pyridine rings is 1. The van der Waals surface area contributed by atoms with Gasteiger partial charge in [0.05, 0.1) is 6.20 Å². The number of carbonyl (C=O) groups excluding carboxylic acids is 2. The molecular formula is C20H25N5O3. The lowest BCUT2D eigenvalue weighted by molar-refractivity contribution is -0.135. The molecule has 0 bridgehead atoms. The molecule has 2 aromatic rings. The van der Waals surface area contributed by atoms with E-state index in [0.29, 0.717) is 18.1 Å². The molecule has 1 aliphatic carbocycles. The summed E-state index contributed by atoms with van der Waals surface area (Å²) in [6.45, 7) is 0.409. The summed E-state index contributed by atoms with van der Waals surface area (Å²) >= 11 is 0. The summed E-state index contributed by atoms with van der Waals surface area (Å²) in [4.78, 5) is 33.4. The summed E-state index contributed by atoms with van der Waals surface area (Å²) < 4.78 is 7.17. The van der Waals surface area contributed by atoms with Gasteiger partial charge in [-0.05, 0) is 25.0 Å². The third-order valence-electron chi connectivity index (χ3n) is 5.40. The van der Waals surface area contributed by atoms with Crippen molar-refractivity contribution in [2.75, 3.05) is 18.1 Å². The zero-order valence-corrected chi connectivity index (χ0v) is 16.1. The number of anilines is 1. The van der Waals surface area contributed by atoms with E-state index >= 15 is 0 Å². The number of hydrogen-bond donors (Lipinski definition) is 0. The molecule has 0 N–H and O–H groups in total. The molecule has 148 valence electrons. The molecule has 1 aliphatic heterocycles.